The maximum absolute atomic E-state index is 11.0. The van der Waals surface area contributed by atoms with E-state index in [4.69, 9.17) is 9.84 Å². The summed E-state index contributed by atoms with van der Waals surface area (Å²) in [6, 6.07) is 6.78. The summed E-state index contributed by atoms with van der Waals surface area (Å²) in [7, 11) is 0. The number of aliphatic hydroxyl groups is 1. The van der Waals surface area contributed by atoms with Gasteiger partial charge in [-0.25, -0.2) is 0 Å². The van der Waals surface area contributed by atoms with E-state index in [-0.39, 0.29) is 17.2 Å². The van der Waals surface area contributed by atoms with Crippen molar-refractivity contribution in [3.63, 3.8) is 0 Å². The monoisotopic (exact) mass is 335 g/mol. The van der Waals surface area contributed by atoms with Gasteiger partial charge in [0, 0.05) is 45.3 Å². The molecule has 0 radical (unpaired) electrons. The van der Waals surface area contributed by atoms with Crippen LogP contribution in [0.2, 0.25) is 0 Å². The molecule has 132 valence electrons. The van der Waals surface area contributed by atoms with E-state index in [1.165, 1.54) is 6.07 Å². The molecule has 0 bridgehead atoms. The Kier molecular flexibility index (Phi) is 7.84. The van der Waals surface area contributed by atoms with Crippen molar-refractivity contribution in [2.75, 3.05) is 59.1 Å². The molecular formula is C17H25N3O4. The maximum Gasteiger partial charge on any atom is 0.276 e. The number of rotatable bonds is 9. The Labute approximate surface area is 142 Å². The normalized spacial score (nSPS) is 16.7. The first-order valence-electron chi connectivity index (χ1n) is 8.24. The molecule has 0 unspecified atom stereocenters. The lowest BCUT2D eigenvalue weighted by molar-refractivity contribution is -0.385. The van der Waals surface area contributed by atoms with Crippen molar-refractivity contribution in [3.05, 3.63) is 46.0 Å². The largest absolute Gasteiger partial charge is 0.394 e. The molecule has 2 rings (SSSR count). The third kappa shape index (κ3) is 6.01. The first-order chi connectivity index (χ1) is 11.7. The number of hydrogen-bond acceptors (Lipinski definition) is 6. The van der Waals surface area contributed by atoms with Crippen molar-refractivity contribution >= 4 is 11.8 Å². The van der Waals surface area contributed by atoms with Crippen LogP contribution in [0.5, 0.6) is 0 Å². The number of nitro benzene ring substituents is 1. The molecular weight excluding hydrogens is 310 g/mol. The molecule has 1 aliphatic rings. The van der Waals surface area contributed by atoms with Gasteiger partial charge in [-0.15, -0.1) is 0 Å². The van der Waals surface area contributed by atoms with Crippen LogP contribution in [0.1, 0.15) is 5.56 Å². The summed E-state index contributed by atoms with van der Waals surface area (Å²) in [5, 5.41) is 19.6. The standard InChI is InChI=1S/C17H25N3O4/c21-13-15-24-14-12-19-10-8-18(9-11-19)7-3-5-16-4-1-2-6-17(16)20(22)23/h1-6,21H,7-15H2. The summed E-state index contributed by atoms with van der Waals surface area (Å²) in [4.78, 5) is 15.3. The highest BCUT2D eigenvalue weighted by molar-refractivity contribution is 5.60. The number of para-hydroxylation sites is 1. The first kappa shape index (κ1) is 18.5. The van der Waals surface area contributed by atoms with Gasteiger partial charge < -0.3 is 9.84 Å². The van der Waals surface area contributed by atoms with Crippen LogP contribution in [-0.4, -0.2) is 78.9 Å². The van der Waals surface area contributed by atoms with Crippen molar-refractivity contribution in [1.29, 1.82) is 0 Å². The highest BCUT2D eigenvalue weighted by Crippen LogP contribution is 2.18. The smallest absolute Gasteiger partial charge is 0.276 e. The molecule has 0 amide bonds. The van der Waals surface area contributed by atoms with Crippen LogP contribution >= 0.6 is 0 Å². The van der Waals surface area contributed by atoms with E-state index in [1.807, 2.05) is 18.2 Å². The molecule has 7 nitrogen and oxygen atoms in total. The van der Waals surface area contributed by atoms with Gasteiger partial charge in [-0.2, -0.15) is 0 Å². The molecule has 24 heavy (non-hydrogen) atoms. The number of ether oxygens (including phenoxy) is 1. The van der Waals surface area contributed by atoms with E-state index in [0.717, 1.165) is 39.3 Å². The van der Waals surface area contributed by atoms with E-state index >= 15 is 0 Å². The van der Waals surface area contributed by atoms with Gasteiger partial charge in [0.1, 0.15) is 0 Å². The zero-order valence-corrected chi connectivity index (χ0v) is 13.8. The summed E-state index contributed by atoms with van der Waals surface area (Å²) in [6.07, 6.45) is 3.82. The Morgan fingerprint density at radius 3 is 2.58 bits per heavy atom. The van der Waals surface area contributed by atoms with Crippen LogP contribution in [0.3, 0.4) is 0 Å². The minimum Gasteiger partial charge on any atom is -0.394 e. The zero-order chi connectivity index (χ0) is 17.2. The Morgan fingerprint density at radius 1 is 1.17 bits per heavy atom. The van der Waals surface area contributed by atoms with Gasteiger partial charge in [0.15, 0.2) is 0 Å². The van der Waals surface area contributed by atoms with Crippen molar-refractivity contribution in [3.8, 4) is 0 Å². The lowest BCUT2D eigenvalue weighted by Gasteiger charge is -2.33. The molecule has 1 saturated heterocycles. The van der Waals surface area contributed by atoms with Crippen LogP contribution in [-0.2, 0) is 4.74 Å². The number of aliphatic hydroxyl groups excluding tert-OH is 1. The Balaban J connectivity index is 1.72. The predicted octanol–water partition coefficient (Wildman–Crippen LogP) is 1.23. The van der Waals surface area contributed by atoms with E-state index in [9.17, 15) is 10.1 Å². The van der Waals surface area contributed by atoms with Crippen molar-refractivity contribution in [1.82, 2.24) is 9.80 Å². The average Bonchev–Trinajstić information content (AvgIpc) is 2.60. The summed E-state index contributed by atoms with van der Waals surface area (Å²) >= 11 is 0. The van der Waals surface area contributed by atoms with E-state index < -0.39 is 0 Å². The second kappa shape index (κ2) is 10.1. The molecule has 0 spiro atoms. The Bertz CT molecular complexity index is 542. The molecule has 0 aliphatic carbocycles. The highest BCUT2D eigenvalue weighted by atomic mass is 16.6. The summed E-state index contributed by atoms with van der Waals surface area (Å²) in [5.74, 6) is 0. The lowest BCUT2D eigenvalue weighted by atomic mass is 10.1. The van der Waals surface area contributed by atoms with Crippen LogP contribution in [0.4, 0.5) is 5.69 Å². The number of piperazine rings is 1. The summed E-state index contributed by atoms with van der Waals surface area (Å²) < 4.78 is 5.29. The molecule has 1 aromatic rings. The SMILES string of the molecule is O=[N+]([O-])c1ccccc1C=CCN1CCN(CCOCCO)CC1. The fourth-order valence-corrected chi connectivity index (χ4v) is 2.68. The van der Waals surface area contributed by atoms with Crippen LogP contribution in [0.15, 0.2) is 30.3 Å². The fourth-order valence-electron chi connectivity index (χ4n) is 2.68. The number of nitro groups is 1. The van der Waals surface area contributed by atoms with E-state index in [1.54, 1.807) is 12.1 Å². The van der Waals surface area contributed by atoms with Gasteiger partial charge in [0.05, 0.1) is 30.3 Å². The molecule has 0 aromatic heterocycles. The summed E-state index contributed by atoms with van der Waals surface area (Å²) in [6.45, 7) is 6.72. The maximum atomic E-state index is 11.0. The number of benzene rings is 1. The van der Waals surface area contributed by atoms with Gasteiger partial charge in [-0.3, -0.25) is 19.9 Å². The minimum atomic E-state index is -0.350. The van der Waals surface area contributed by atoms with Crippen LogP contribution < -0.4 is 0 Å². The third-order valence-electron chi connectivity index (χ3n) is 4.05. The molecule has 1 heterocycles. The first-order valence-corrected chi connectivity index (χ1v) is 8.24. The lowest BCUT2D eigenvalue weighted by Crippen LogP contribution is -2.47. The van der Waals surface area contributed by atoms with Crippen molar-refractivity contribution in [2.24, 2.45) is 0 Å². The molecule has 1 N–H and O–H groups in total. The molecule has 1 aromatic carbocycles. The van der Waals surface area contributed by atoms with Gasteiger partial charge >= 0.3 is 0 Å². The van der Waals surface area contributed by atoms with Crippen molar-refractivity contribution < 1.29 is 14.8 Å². The second-order valence-corrected chi connectivity index (χ2v) is 5.70. The summed E-state index contributed by atoms with van der Waals surface area (Å²) in [5.41, 5.74) is 0.781. The third-order valence-corrected chi connectivity index (χ3v) is 4.05. The van der Waals surface area contributed by atoms with Gasteiger partial charge in [0.2, 0.25) is 0 Å². The molecule has 1 aliphatic heterocycles. The molecule has 0 saturated carbocycles. The second-order valence-electron chi connectivity index (χ2n) is 5.70. The van der Waals surface area contributed by atoms with Crippen LogP contribution in [0.25, 0.3) is 6.08 Å². The quantitative estimate of drug-likeness (QED) is 0.415. The number of nitrogens with zero attached hydrogens (tertiary/aromatic N) is 3. The van der Waals surface area contributed by atoms with Gasteiger partial charge in [-0.1, -0.05) is 24.3 Å². The highest BCUT2D eigenvalue weighted by Gasteiger charge is 2.15. The molecule has 7 heteroatoms. The van der Waals surface area contributed by atoms with Crippen LogP contribution in [0, 0.1) is 10.1 Å². The number of hydrogen-bond donors (Lipinski definition) is 1. The zero-order valence-electron chi connectivity index (χ0n) is 13.8. The fraction of sp³-hybridized carbons (Fsp3) is 0.529. The van der Waals surface area contributed by atoms with Gasteiger partial charge in [0.25, 0.3) is 5.69 Å². The topological polar surface area (TPSA) is 79.1 Å². The molecule has 1 fully saturated rings. The minimum absolute atomic E-state index is 0.0691. The average molecular weight is 335 g/mol. The Morgan fingerprint density at radius 2 is 1.88 bits per heavy atom. The van der Waals surface area contributed by atoms with Crippen molar-refractivity contribution in [2.45, 2.75) is 0 Å². The van der Waals surface area contributed by atoms with Gasteiger partial charge in [-0.05, 0) is 6.07 Å². The Hall–Kier alpha value is -1.80. The van der Waals surface area contributed by atoms with E-state index in [0.29, 0.717) is 18.8 Å². The predicted molar refractivity (Wildman–Crippen MR) is 92.9 cm³/mol. The van der Waals surface area contributed by atoms with E-state index in [2.05, 4.69) is 9.80 Å². The molecule has 0 atom stereocenters.